The lowest BCUT2D eigenvalue weighted by molar-refractivity contribution is -0.153. The maximum atomic E-state index is 13.4. The molecule has 1 N–H and O–H groups in total. The zero-order valence-electron chi connectivity index (χ0n) is 19.8. The highest BCUT2D eigenvalue weighted by atomic mass is 16.6. The second kappa shape index (κ2) is 9.77. The number of hydrogen-bond acceptors (Lipinski definition) is 4. The lowest BCUT2D eigenvalue weighted by Gasteiger charge is -2.33. The summed E-state index contributed by atoms with van der Waals surface area (Å²) in [7, 11) is 0. The fraction of sp³-hybridized carbons (Fsp3) is 0.444. The molecule has 1 fully saturated rings. The third-order valence-corrected chi connectivity index (χ3v) is 6.35. The minimum absolute atomic E-state index is 0.0663. The van der Waals surface area contributed by atoms with Crippen LogP contribution in [0.25, 0.3) is 0 Å². The Bertz CT molecular complexity index is 943. The number of hydrogen-bond donors (Lipinski definition) is 1. The molecule has 0 aromatic heterocycles. The summed E-state index contributed by atoms with van der Waals surface area (Å²) < 4.78 is 5.41. The Balaban J connectivity index is 1.87. The Morgan fingerprint density at radius 3 is 2.00 bits per heavy atom. The molecule has 2 aromatic carbocycles. The topological polar surface area (TPSA) is 83.9 Å². The van der Waals surface area contributed by atoms with E-state index < -0.39 is 35.0 Å². The number of likely N-dealkylation sites (tertiary alicyclic amines) is 1. The first-order valence-corrected chi connectivity index (χ1v) is 11.5. The van der Waals surface area contributed by atoms with Crippen molar-refractivity contribution in [2.45, 2.75) is 70.4 Å². The average molecular weight is 452 g/mol. The van der Waals surface area contributed by atoms with Gasteiger partial charge < -0.3 is 9.84 Å². The van der Waals surface area contributed by atoms with Gasteiger partial charge in [0, 0.05) is 11.8 Å². The molecule has 0 bridgehead atoms. The van der Waals surface area contributed by atoms with Crippen molar-refractivity contribution >= 4 is 18.0 Å². The van der Waals surface area contributed by atoms with Gasteiger partial charge in [-0.1, -0.05) is 67.6 Å². The fourth-order valence-corrected chi connectivity index (χ4v) is 4.68. The Labute approximate surface area is 195 Å². The number of ether oxygens (including phenoxy) is 1. The van der Waals surface area contributed by atoms with Crippen molar-refractivity contribution in [2.24, 2.45) is 5.92 Å². The predicted molar refractivity (Wildman–Crippen MR) is 126 cm³/mol. The largest absolute Gasteiger partial charge is 0.479 e. The Hall–Kier alpha value is -3.15. The van der Waals surface area contributed by atoms with Crippen LogP contribution in [0.3, 0.4) is 0 Å². The van der Waals surface area contributed by atoms with E-state index in [4.69, 9.17) is 4.74 Å². The molecule has 0 aliphatic carbocycles. The van der Waals surface area contributed by atoms with Gasteiger partial charge in [0.25, 0.3) is 0 Å². The van der Waals surface area contributed by atoms with Crippen LogP contribution >= 0.6 is 0 Å². The number of imide groups is 1. The molecule has 0 unspecified atom stereocenters. The highest BCUT2D eigenvalue weighted by molar-refractivity contribution is 6.02. The molecule has 1 saturated heterocycles. The summed E-state index contributed by atoms with van der Waals surface area (Å²) in [5.41, 5.74) is -0.144. The van der Waals surface area contributed by atoms with E-state index in [2.05, 4.69) is 24.3 Å². The first-order valence-electron chi connectivity index (χ1n) is 11.5. The lowest BCUT2D eigenvalue weighted by Crippen LogP contribution is -2.55. The summed E-state index contributed by atoms with van der Waals surface area (Å²) in [6.07, 6.45) is 0.466. The van der Waals surface area contributed by atoms with Crippen LogP contribution in [-0.2, 0) is 14.3 Å². The fourth-order valence-electron chi connectivity index (χ4n) is 4.68. The number of nitrogens with zero attached hydrogens (tertiary/aromatic N) is 1. The van der Waals surface area contributed by atoms with Gasteiger partial charge in [-0.3, -0.25) is 4.79 Å². The van der Waals surface area contributed by atoms with E-state index in [1.807, 2.05) is 36.4 Å². The van der Waals surface area contributed by atoms with Crippen molar-refractivity contribution in [3.63, 3.8) is 0 Å². The van der Waals surface area contributed by atoms with Crippen LogP contribution in [0.2, 0.25) is 0 Å². The number of carbonyl (C=O) groups is 3. The van der Waals surface area contributed by atoms with E-state index in [1.54, 1.807) is 27.7 Å². The quantitative estimate of drug-likeness (QED) is 0.591. The molecule has 176 valence electrons. The molecule has 2 amide bonds. The minimum Gasteiger partial charge on any atom is -0.479 e. The van der Waals surface area contributed by atoms with Crippen LogP contribution in [-0.4, -0.2) is 39.1 Å². The number of carboxylic acid groups (broad SMARTS) is 1. The second-order valence-corrected chi connectivity index (χ2v) is 9.70. The summed E-state index contributed by atoms with van der Waals surface area (Å²) in [5.74, 6) is -2.14. The van der Waals surface area contributed by atoms with E-state index in [9.17, 15) is 19.5 Å². The van der Waals surface area contributed by atoms with Crippen molar-refractivity contribution in [2.75, 3.05) is 0 Å². The molecular formula is C27H33NO5. The van der Waals surface area contributed by atoms with E-state index in [0.29, 0.717) is 12.8 Å². The maximum Gasteiger partial charge on any atom is 0.418 e. The molecule has 1 aliphatic rings. The first kappa shape index (κ1) is 24.5. The highest BCUT2D eigenvalue weighted by Crippen LogP contribution is 2.42. The summed E-state index contributed by atoms with van der Waals surface area (Å²) in [5, 5.41) is 10.0. The van der Waals surface area contributed by atoms with Crippen molar-refractivity contribution in [3.05, 3.63) is 71.8 Å². The van der Waals surface area contributed by atoms with Crippen LogP contribution in [0.1, 0.15) is 70.4 Å². The second-order valence-electron chi connectivity index (χ2n) is 9.70. The van der Waals surface area contributed by atoms with Gasteiger partial charge >= 0.3 is 12.1 Å². The molecule has 6 nitrogen and oxygen atoms in total. The van der Waals surface area contributed by atoms with Gasteiger partial charge in [-0.15, -0.1) is 0 Å². The summed E-state index contributed by atoms with van der Waals surface area (Å²) in [6.45, 7) is 6.78. The van der Waals surface area contributed by atoms with Gasteiger partial charge in [0.1, 0.15) is 5.60 Å². The highest BCUT2D eigenvalue weighted by Gasteiger charge is 2.58. The molecule has 1 aliphatic heterocycles. The van der Waals surface area contributed by atoms with Crippen molar-refractivity contribution in [3.8, 4) is 0 Å². The van der Waals surface area contributed by atoms with Crippen LogP contribution in [0.4, 0.5) is 4.79 Å². The molecule has 0 radical (unpaired) electrons. The van der Waals surface area contributed by atoms with Crippen LogP contribution in [0.5, 0.6) is 0 Å². The van der Waals surface area contributed by atoms with E-state index in [1.165, 1.54) is 0 Å². The molecule has 2 aromatic rings. The van der Waals surface area contributed by atoms with Crippen LogP contribution < -0.4 is 0 Å². The van der Waals surface area contributed by atoms with Gasteiger partial charge in [-0.2, -0.15) is 0 Å². The molecule has 3 rings (SSSR count). The van der Waals surface area contributed by atoms with Gasteiger partial charge in [0.15, 0.2) is 5.54 Å². The summed E-state index contributed by atoms with van der Waals surface area (Å²) in [6, 6.07) is 20.1. The maximum absolute atomic E-state index is 13.4. The number of benzene rings is 2. The molecule has 0 spiro atoms. The standard InChI is InChI=1S/C27H33NO5/c1-5-27(24(30)31)18-21(23(29)28(27)25(32)33-26(2,3)4)16-17-22(19-12-8-6-9-13-19)20-14-10-7-11-15-20/h6-15,21-22H,5,16-18H2,1-4H3,(H,30,31)/t21-,27-/m0/s1. The Morgan fingerprint density at radius 1 is 1.06 bits per heavy atom. The van der Waals surface area contributed by atoms with Gasteiger partial charge in [-0.25, -0.2) is 14.5 Å². The molecule has 6 heteroatoms. The number of amides is 2. The van der Waals surface area contributed by atoms with Crippen LogP contribution in [0, 0.1) is 5.92 Å². The van der Waals surface area contributed by atoms with Gasteiger partial charge in [0.2, 0.25) is 5.91 Å². The number of carbonyl (C=O) groups excluding carboxylic acids is 2. The molecule has 1 heterocycles. The average Bonchev–Trinajstić information content (AvgIpc) is 3.07. The Kier molecular flexibility index (Phi) is 7.25. The van der Waals surface area contributed by atoms with Crippen molar-refractivity contribution in [1.82, 2.24) is 4.90 Å². The van der Waals surface area contributed by atoms with Crippen LogP contribution in [0.15, 0.2) is 60.7 Å². The SMILES string of the molecule is CC[C@@]1(C(=O)O)C[C@H](CCC(c2ccccc2)c2ccccc2)C(=O)N1C(=O)OC(C)(C)C. The van der Waals surface area contributed by atoms with E-state index in [-0.39, 0.29) is 18.8 Å². The monoisotopic (exact) mass is 451 g/mol. The zero-order valence-corrected chi connectivity index (χ0v) is 19.8. The number of rotatable bonds is 7. The molecule has 33 heavy (non-hydrogen) atoms. The zero-order chi connectivity index (χ0) is 24.2. The third-order valence-electron chi connectivity index (χ3n) is 6.35. The molecule has 0 saturated carbocycles. The Morgan fingerprint density at radius 2 is 1.58 bits per heavy atom. The molecular weight excluding hydrogens is 418 g/mol. The van der Waals surface area contributed by atoms with Gasteiger partial charge in [0.05, 0.1) is 0 Å². The summed E-state index contributed by atoms with van der Waals surface area (Å²) >= 11 is 0. The van der Waals surface area contributed by atoms with E-state index in [0.717, 1.165) is 16.0 Å². The summed E-state index contributed by atoms with van der Waals surface area (Å²) in [4.78, 5) is 39.4. The van der Waals surface area contributed by atoms with Gasteiger partial charge in [-0.05, 0) is 57.6 Å². The van der Waals surface area contributed by atoms with E-state index >= 15 is 0 Å². The minimum atomic E-state index is -1.58. The van der Waals surface area contributed by atoms with Crippen molar-refractivity contribution < 1.29 is 24.2 Å². The normalized spacial score (nSPS) is 20.8. The number of carboxylic acids is 1. The van der Waals surface area contributed by atoms with Crippen molar-refractivity contribution in [1.29, 1.82) is 0 Å². The molecule has 2 atom stereocenters. The lowest BCUT2D eigenvalue weighted by atomic mass is 9.82. The number of aliphatic carboxylic acids is 1. The predicted octanol–water partition coefficient (Wildman–Crippen LogP) is 5.62. The first-order chi connectivity index (χ1) is 15.6. The smallest absolute Gasteiger partial charge is 0.418 e. The third kappa shape index (κ3) is 5.27.